The van der Waals surface area contributed by atoms with Crippen LogP contribution in [-0.2, 0) is 11.1 Å². The van der Waals surface area contributed by atoms with Gasteiger partial charge in [-0.2, -0.15) is 23.5 Å². The Morgan fingerprint density at radius 1 is 0.708 bits per heavy atom. The van der Waals surface area contributed by atoms with E-state index in [0.29, 0.717) is 0 Å². The molecule has 2 aromatic rings. The standard InChI is InChI=1S/C14H26N8S2/c1-13(2,21-11-15-17-19-21)5-7-23-9-10-24-8-6-14(3,4)22-12-16-18-20-22/h11-12H,5-10H2,1-4H3. The van der Waals surface area contributed by atoms with Crippen LogP contribution in [0.15, 0.2) is 12.7 Å². The first-order chi connectivity index (χ1) is 11.4. The van der Waals surface area contributed by atoms with E-state index in [-0.39, 0.29) is 11.1 Å². The third-order valence-corrected chi connectivity index (χ3v) is 6.26. The summed E-state index contributed by atoms with van der Waals surface area (Å²) in [5.41, 5.74) is -0.0565. The zero-order valence-corrected chi connectivity index (χ0v) is 16.4. The van der Waals surface area contributed by atoms with E-state index in [2.05, 4.69) is 58.7 Å². The van der Waals surface area contributed by atoms with Crippen molar-refractivity contribution in [1.29, 1.82) is 0 Å². The molecule has 0 atom stereocenters. The molecule has 0 unspecified atom stereocenters. The van der Waals surface area contributed by atoms with E-state index < -0.39 is 0 Å². The lowest BCUT2D eigenvalue weighted by Gasteiger charge is -2.24. The van der Waals surface area contributed by atoms with Crippen molar-refractivity contribution >= 4 is 23.5 Å². The summed E-state index contributed by atoms with van der Waals surface area (Å²) in [6.07, 6.45) is 5.49. The maximum Gasteiger partial charge on any atom is 0.138 e. The minimum Gasteiger partial charge on any atom is -0.227 e. The molecule has 0 aliphatic carbocycles. The highest BCUT2D eigenvalue weighted by Gasteiger charge is 2.22. The van der Waals surface area contributed by atoms with Gasteiger partial charge < -0.3 is 0 Å². The summed E-state index contributed by atoms with van der Waals surface area (Å²) in [7, 11) is 0. The molecule has 24 heavy (non-hydrogen) atoms. The molecule has 0 spiro atoms. The number of thioether (sulfide) groups is 2. The normalized spacial score (nSPS) is 12.7. The number of tetrazole rings is 2. The molecule has 0 aliphatic rings. The fourth-order valence-electron chi connectivity index (χ4n) is 2.07. The molecule has 2 rings (SSSR count). The van der Waals surface area contributed by atoms with Crippen molar-refractivity contribution in [1.82, 2.24) is 40.4 Å². The van der Waals surface area contributed by atoms with Gasteiger partial charge in [0.1, 0.15) is 12.7 Å². The van der Waals surface area contributed by atoms with Gasteiger partial charge in [-0.3, -0.25) is 0 Å². The lowest BCUT2D eigenvalue weighted by atomic mass is 10.0. The van der Waals surface area contributed by atoms with Crippen LogP contribution in [0.5, 0.6) is 0 Å². The molecule has 0 bridgehead atoms. The maximum atomic E-state index is 4.00. The van der Waals surface area contributed by atoms with Gasteiger partial charge in [0.25, 0.3) is 0 Å². The van der Waals surface area contributed by atoms with E-state index in [4.69, 9.17) is 0 Å². The third kappa shape index (κ3) is 5.73. The average Bonchev–Trinajstić information content (AvgIpc) is 3.23. The van der Waals surface area contributed by atoms with E-state index in [1.54, 1.807) is 12.7 Å². The first kappa shape index (κ1) is 19.2. The van der Waals surface area contributed by atoms with Crippen LogP contribution in [0.25, 0.3) is 0 Å². The van der Waals surface area contributed by atoms with E-state index in [9.17, 15) is 0 Å². The molecule has 0 fully saturated rings. The Hall–Kier alpha value is -1.16. The van der Waals surface area contributed by atoms with Gasteiger partial charge >= 0.3 is 0 Å². The second kappa shape index (κ2) is 8.80. The second-order valence-corrected chi connectivity index (χ2v) is 9.31. The molecule has 8 nitrogen and oxygen atoms in total. The van der Waals surface area contributed by atoms with Crippen molar-refractivity contribution < 1.29 is 0 Å². The number of rotatable bonds is 11. The van der Waals surface area contributed by atoms with Gasteiger partial charge in [0.2, 0.25) is 0 Å². The van der Waals surface area contributed by atoms with Gasteiger partial charge in [-0.25, -0.2) is 9.36 Å². The maximum absolute atomic E-state index is 4.00. The van der Waals surface area contributed by atoms with Gasteiger partial charge in [0, 0.05) is 11.5 Å². The highest BCUT2D eigenvalue weighted by molar-refractivity contribution is 8.02. The lowest BCUT2D eigenvalue weighted by molar-refractivity contribution is 0.303. The van der Waals surface area contributed by atoms with Gasteiger partial charge in [-0.1, -0.05) is 0 Å². The van der Waals surface area contributed by atoms with Crippen molar-refractivity contribution in [3.8, 4) is 0 Å². The van der Waals surface area contributed by atoms with E-state index >= 15 is 0 Å². The zero-order valence-electron chi connectivity index (χ0n) is 14.8. The summed E-state index contributed by atoms with van der Waals surface area (Å²) in [4.78, 5) is 0. The number of hydrogen-bond donors (Lipinski definition) is 0. The Kier molecular flexibility index (Phi) is 7.02. The predicted molar refractivity (Wildman–Crippen MR) is 98.2 cm³/mol. The quantitative estimate of drug-likeness (QED) is 0.556. The van der Waals surface area contributed by atoms with Crippen LogP contribution in [-0.4, -0.2) is 63.4 Å². The monoisotopic (exact) mass is 370 g/mol. The molecular formula is C14H26N8S2. The zero-order chi connectivity index (χ0) is 17.5. The largest absolute Gasteiger partial charge is 0.227 e. The van der Waals surface area contributed by atoms with Crippen molar-refractivity contribution in [2.75, 3.05) is 23.0 Å². The van der Waals surface area contributed by atoms with Gasteiger partial charge in [-0.05, 0) is 72.9 Å². The molecule has 0 N–H and O–H groups in total. The van der Waals surface area contributed by atoms with Crippen LogP contribution in [0, 0.1) is 0 Å². The van der Waals surface area contributed by atoms with Crippen LogP contribution < -0.4 is 0 Å². The fraction of sp³-hybridized carbons (Fsp3) is 0.857. The van der Waals surface area contributed by atoms with E-state index in [1.807, 2.05) is 32.9 Å². The van der Waals surface area contributed by atoms with Crippen molar-refractivity contribution in [3.63, 3.8) is 0 Å². The molecule has 134 valence electrons. The van der Waals surface area contributed by atoms with Crippen molar-refractivity contribution in [3.05, 3.63) is 12.7 Å². The summed E-state index contributed by atoms with van der Waals surface area (Å²) in [6, 6.07) is 0. The Labute approximate surface area is 151 Å². The smallest absolute Gasteiger partial charge is 0.138 e. The highest BCUT2D eigenvalue weighted by Crippen LogP contribution is 2.23. The Bertz CT molecular complexity index is 515. The van der Waals surface area contributed by atoms with Crippen LogP contribution in [0.1, 0.15) is 40.5 Å². The van der Waals surface area contributed by atoms with Crippen LogP contribution in [0.2, 0.25) is 0 Å². The summed E-state index contributed by atoms with van der Waals surface area (Å²) in [5, 5.41) is 22.8. The van der Waals surface area contributed by atoms with Crippen molar-refractivity contribution in [2.24, 2.45) is 0 Å². The third-order valence-electron chi connectivity index (χ3n) is 4.03. The number of hydrogen-bond acceptors (Lipinski definition) is 8. The molecule has 0 aliphatic heterocycles. The summed E-state index contributed by atoms with van der Waals surface area (Å²) in [5.74, 6) is 4.57. The first-order valence-corrected chi connectivity index (χ1v) is 10.4. The lowest BCUT2D eigenvalue weighted by Crippen LogP contribution is -2.28. The SMILES string of the molecule is CC(C)(CCSCCSCCC(C)(C)n1cnnn1)n1cnnn1. The summed E-state index contributed by atoms with van der Waals surface area (Å²) in [6.45, 7) is 8.67. The topological polar surface area (TPSA) is 87.2 Å². The predicted octanol–water partition coefficient (Wildman–Crippen LogP) is 2.08. The van der Waals surface area contributed by atoms with E-state index in [1.165, 1.54) is 11.5 Å². The Morgan fingerprint density at radius 2 is 1.12 bits per heavy atom. The molecular weight excluding hydrogens is 344 g/mol. The second-order valence-electron chi connectivity index (χ2n) is 6.86. The van der Waals surface area contributed by atoms with Crippen molar-refractivity contribution in [2.45, 2.75) is 51.6 Å². The molecule has 10 heteroatoms. The highest BCUT2D eigenvalue weighted by atomic mass is 32.2. The Morgan fingerprint density at radius 3 is 1.46 bits per heavy atom. The minimum absolute atomic E-state index is 0.0283. The van der Waals surface area contributed by atoms with Gasteiger partial charge in [0.15, 0.2) is 0 Å². The summed E-state index contributed by atoms with van der Waals surface area (Å²) < 4.78 is 3.67. The molecule has 0 amide bonds. The molecule has 0 radical (unpaired) electrons. The number of nitrogens with zero attached hydrogens (tertiary/aromatic N) is 8. The average molecular weight is 371 g/mol. The minimum atomic E-state index is -0.0283. The molecule has 2 heterocycles. The Balaban J connectivity index is 1.53. The first-order valence-electron chi connectivity index (χ1n) is 8.04. The van der Waals surface area contributed by atoms with Crippen LogP contribution in [0.3, 0.4) is 0 Å². The molecule has 0 aromatic carbocycles. The fourth-order valence-corrected chi connectivity index (χ4v) is 4.71. The van der Waals surface area contributed by atoms with Gasteiger partial charge in [-0.15, -0.1) is 10.2 Å². The van der Waals surface area contributed by atoms with Gasteiger partial charge in [0.05, 0.1) is 11.1 Å². The summed E-state index contributed by atoms with van der Waals surface area (Å²) >= 11 is 3.99. The number of aromatic nitrogens is 8. The van der Waals surface area contributed by atoms with Crippen LogP contribution in [0.4, 0.5) is 0 Å². The molecule has 0 saturated heterocycles. The molecule has 2 aromatic heterocycles. The molecule has 0 saturated carbocycles. The van der Waals surface area contributed by atoms with Crippen LogP contribution >= 0.6 is 23.5 Å². The van der Waals surface area contributed by atoms with E-state index in [0.717, 1.165) is 24.3 Å².